The number of alkyl carbamates (subject to hydrolysis) is 1. The fraction of sp³-hybridized carbons (Fsp3) is 0.778. The van der Waals surface area contributed by atoms with Gasteiger partial charge in [-0.05, 0) is 27.7 Å². The van der Waals surface area contributed by atoms with Gasteiger partial charge in [0.1, 0.15) is 5.60 Å². The van der Waals surface area contributed by atoms with E-state index in [0.29, 0.717) is 0 Å². The molecule has 5 nitrogen and oxygen atoms in total. The number of alkyl halides is 1. The van der Waals surface area contributed by atoms with Gasteiger partial charge < -0.3 is 9.47 Å². The van der Waals surface area contributed by atoms with E-state index >= 15 is 0 Å². The highest BCUT2D eigenvalue weighted by Gasteiger charge is 2.22. The fourth-order valence-electron chi connectivity index (χ4n) is 0.685. The van der Waals surface area contributed by atoms with Gasteiger partial charge in [-0.2, -0.15) is 0 Å². The second kappa shape index (κ2) is 5.95. The summed E-state index contributed by atoms with van der Waals surface area (Å²) in [6.07, 6.45) is -0.669. The molecular formula is C9H16BrNO4. The molecule has 0 rings (SSSR count). The molecule has 1 atom stereocenters. The van der Waals surface area contributed by atoms with E-state index in [1.54, 1.807) is 27.7 Å². The van der Waals surface area contributed by atoms with Crippen molar-refractivity contribution in [3.05, 3.63) is 0 Å². The van der Waals surface area contributed by atoms with E-state index in [9.17, 15) is 9.59 Å². The molecule has 0 aromatic rings. The van der Waals surface area contributed by atoms with Crippen molar-refractivity contribution in [1.29, 1.82) is 0 Å². The summed E-state index contributed by atoms with van der Waals surface area (Å²) >= 11 is 2.97. The number of ether oxygens (including phenoxy) is 2. The Labute approximate surface area is 97.6 Å². The molecule has 0 aromatic carbocycles. The number of esters is 1. The summed E-state index contributed by atoms with van der Waals surface area (Å²) < 4.78 is 9.63. The molecule has 0 bridgehead atoms. The van der Waals surface area contributed by atoms with E-state index in [4.69, 9.17) is 4.74 Å². The maximum Gasteiger partial charge on any atom is 0.409 e. The minimum atomic E-state index is -0.882. The largest absolute Gasteiger partial charge is 0.464 e. The van der Waals surface area contributed by atoms with Crippen LogP contribution in [0.15, 0.2) is 0 Å². The van der Waals surface area contributed by atoms with Gasteiger partial charge in [0.15, 0.2) is 4.95 Å². The first-order valence-corrected chi connectivity index (χ1v) is 5.48. The summed E-state index contributed by atoms with van der Waals surface area (Å²) in [7, 11) is 0. The summed E-state index contributed by atoms with van der Waals surface area (Å²) in [4.78, 5) is 21.4. The second-order valence-electron chi connectivity index (χ2n) is 3.76. The lowest BCUT2D eigenvalue weighted by Crippen LogP contribution is -2.40. The van der Waals surface area contributed by atoms with Gasteiger partial charge in [0.05, 0.1) is 6.61 Å². The molecule has 88 valence electrons. The van der Waals surface area contributed by atoms with Crippen molar-refractivity contribution >= 4 is 28.0 Å². The van der Waals surface area contributed by atoms with Gasteiger partial charge >= 0.3 is 12.1 Å². The van der Waals surface area contributed by atoms with Gasteiger partial charge in [0.2, 0.25) is 0 Å². The summed E-state index contributed by atoms with van der Waals surface area (Å²) in [6, 6.07) is 0. The van der Waals surface area contributed by atoms with Crippen molar-refractivity contribution in [2.24, 2.45) is 0 Å². The molecule has 1 amide bonds. The number of amides is 1. The van der Waals surface area contributed by atoms with Gasteiger partial charge in [-0.15, -0.1) is 0 Å². The van der Waals surface area contributed by atoms with Crippen LogP contribution in [0.3, 0.4) is 0 Å². The summed E-state index contributed by atoms with van der Waals surface area (Å²) in [5.74, 6) is -0.552. The standard InChI is InChI=1S/C9H16BrNO4/c1-5-14-7(12)6(10)11-8(13)15-9(2,3)4/h6H,5H2,1-4H3,(H,11,13)/t6-/m0/s1. The van der Waals surface area contributed by atoms with Crippen LogP contribution in [0.25, 0.3) is 0 Å². The molecule has 0 fully saturated rings. The molecule has 1 N–H and O–H groups in total. The van der Waals surface area contributed by atoms with Gasteiger partial charge in [0, 0.05) is 0 Å². The summed E-state index contributed by atoms with van der Waals surface area (Å²) in [6.45, 7) is 7.16. The molecule has 0 aromatic heterocycles. The SMILES string of the molecule is CCOC(=O)[C@@H](Br)NC(=O)OC(C)(C)C. The van der Waals surface area contributed by atoms with Crippen LogP contribution in [0, 0.1) is 0 Å². The zero-order valence-electron chi connectivity index (χ0n) is 9.30. The van der Waals surface area contributed by atoms with Crippen molar-refractivity contribution in [3.8, 4) is 0 Å². The van der Waals surface area contributed by atoms with Crippen molar-refractivity contribution in [2.75, 3.05) is 6.61 Å². The van der Waals surface area contributed by atoms with Crippen molar-refractivity contribution in [1.82, 2.24) is 5.32 Å². The van der Waals surface area contributed by atoms with Gasteiger partial charge in [0.25, 0.3) is 0 Å². The molecule has 0 saturated heterocycles. The molecule has 0 spiro atoms. The Kier molecular flexibility index (Phi) is 5.64. The van der Waals surface area contributed by atoms with Crippen LogP contribution in [0.1, 0.15) is 27.7 Å². The van der Waals surface area contributed by atoms with Gasteiger partial charge in [-0.25, -0.2) is 9.59 Å². The Morgan fingerprint density at radius 1 is 1.40 bits per heavy atom. The van der Waals surface area contributed by atoms with E-state index in [1.807, 2.05) is 0 Å². The third-order valence-corrected chi connectivity index (χ3v) is 1.74. The molecule has 0 heterocycles. The van der Waals surface area contributed by atoms with Gasteiger partial charge in [-0.1, -0.05) is 15.9 Å². The van der Waals surface area contributed by atoms with Crippen molar-refractivity contribution < 1.29 is 19.1 Å². The summed E-state index contributed by atoms with van der Waals surface area (Å²) in [5.41, 5.74) is -0.592. The number of hydrogen-bond acceptors (Lipinski definition) is 4. The Morgan fingerprint density at radius 3 is 2.33 bits per heavy atom. The topological polar surface area (TPSA) is 64.6 Å². The van der Waals surface area contributed by atoms with Crippen LogP contribution < -0.4 is 5.32 Å². The molecule has 0 saturated carbocycles. The molecule has 6 heteroatoms. The normalized spacial score (nSPS) is 12.9. The third-order valence-electron chi connectivity index (χ3n) is 1.14. The monoisotopic (exact) mass is 281 g/mol. The molecule has 0 aliphatic heterocycles. The Bertz CT molecular complexity index is 237. The lowest BCUT2D eigenvalue weighted by Gasteiger charge is -2.20. The van der Waals surface area contributed by atoms with Crippen LogP contribution in [-0.4, -0.2) is 29.2 Å². The molecule has 0 unspecified atom stereocenters. The predicted molar refractivity (Wildman–Crippen MR) is 58.7 cm³/mol. The zero-order valence-corrected chi connectivity index (χ0v) is 10.9. The smallest absolute Gasteiger partial charge is 0.409 e. The number of rotatable bonds is 3. The zero-order chi connectivity index (χ0) is 12.1. The van der Waals surface area contributed by atoms with E-state index in [0.717, 1.165) is 0 Å². The Hall–Kier alpha value is -0.780. The number of nitrogens with one attached hydrogen (secondary N) is 1. The molecular weight excluding hydrogens is 266 g/mol. The van der Waals surface area contributed by atoms with Crippen LogP contribution in [-0.2, 0) is 14.3 Å². The second-order valence-corrected chi connectivity index (χ2v) is 4.68. The van der Waals surface area contributed by atoms with Crippen LogP contribution >= 0.6 is 15.9 Å². The van der Waals surface area contributed by atoms with E-state index < -0.39 is 22.6 Å². The Morgan fingerprint density at radius 2 is 1.93 bits per heavy atom. The average molecular weight is 282 g/mol. The first-order valence-electron chi connectivity index (χ1n) is 4.56. The molecule has 15 heavy (non-hydrogen) atoms. The number of carbonyl (C=O) groups excluding carboxylic acids is 2. The quantitative estimate of drug-likeness (QED) is 0.487. The first-order chi connectivity index (χ1) is 6.76. The van der Waals surface area contributed by atoms with Crippen LogP contribution in [0.2, 0.25) is 0 Å². The highest BCUT2D eigenvalue weighted by atomic mass is 79.9. The minimum Gasteiger partial charge on any atom is -0.464 e. The van der Waals surface area contributed by atoms with E-state index in [2.05, 4.69) is 26.0 Å². The maximum atomic E-state index is 11.2. The van der Waals surface area contributed by atoms with Gasteiger partial charge in [-0.3, -0.25) is 5.32 Å². The van der Waals surface area contributed by atoms with Crippen molar-refractivity contribution in [3.63, 3.8) is 0 Å². The minimum absolute atomic E-state index is 0.261. The number of carbonyl (C=O) groups is 2. The predicted octanol–water partition coefficient (Wildman–Crippen LogP) is 1.80. The molecule has 0 radical (unpaired) electrons. The fourth-order valence-corrected chi connectivity index (χ4v) is 1.00. The highest BCUT2D eigenvalue weighted by Crippen LogP contribution is 2.08. The lowest BCUT2D eigenvalue weighted by molar-refractivity contribution is -0.142. The average Bonchev–Trinajstić information content (AvgIpc) is 2.00. The number of hydrogen-bond donors (Lipinski definition) is 1. The van der Waals surface area contributed by atoms with E-state index in [1.165, 1.54) is 0 Å². The van der Waals surface area contributed by atoms with Crippen LogP contribution in [0.5, 0.6) is 0 Å². The summed E-state index contributed by atoms with van der Waals surface area (Å²) in [5, 5.41) is 2.30. The van der Waals surface area contributed by atoms with Crippen LogP contribution in [0.4, 0.5) is 4.79 Å². The Balaban J connectivity index is 4.02. The maximum absolute atomic E-state index is 11.2. The first kappa shape index (κ1) is 14.2. The number of halogens is 1. The van der Waals surface area contributed by atoms with E-state index in [-0.39, 0.29) is 6.61 Å². The van der Waals surface area contributed by atoms with Crippen molar-refractivity contribution in [2.45, 2.75) is 38.2 Å². The highest BCUT2D eigenvalue weighted by molar-refractivity contribution is 9.10. The third kappa shape index (κ3) is 7.18. The lowest BCUT2D eigenvalue weighted by atomic mass is 10.2. The molecule has 0 aliphatic rings. The molecule has 0 aliphatic carbocycles.